The Labute approximate surface area is 120 Å². The normalized spacial score (nSPS) is 10.5. The van der Waals surface area contributed by atoms with Gasteiger partial charge in [0.2, 0.25) is 0 Å². The highest BCUT2D eigenvalue weighted by molar-refractivity contribution is 9.10. The average molecular weight is 323 g/mol. The van der Waals surface area contributed by atoms with Crippen LogP contribution in [0.5, 0.6) is 5.75 Å². The fraction of sp³-hybridized carbons (Fsp3) is 0.286. The highest BCUT2D eigenvalue weighted by Gasteiger charge is 2.08. The van der Waals surface area contributed by atoms with E-state index in [2.05, 4.69) is 20.9 Å². The summed E-state index contributed by atoms with van der Waals surface area (Å²) in [5.41, 5.74) is 1.51. The number of carbonyl (C=O) groups excluding carboxylic acids is 1. The number of imidazole rings is 1. The number of rotatable bonds is 5. The first-order chi connectivity index (χ1) is 9.11. The Hall–Kier alpha value is -1.62. The second-order valence-corrected chi connectivity index (χ2v) is 5.19. The molecule has 2 rings (SSSR count). The molecule has 1 heterocycles. The molecule has 0 bridgehead atoms. The number of ether oxygens (including phenoxy) is 1. The molecule has 0 spiro atoms. The number of halogens is 1. The molecule has 2 aromatic rings. The Morgan fingerprint density at radius 3 is 2.84 bits per heavy atom. The van der Waals surface area contributed by atoms with Crippen LogP contribution >= 0.6 is 15.9 Å². The molecule has 0 saturated heterocycles. The van der Waals surface area contributed by atoms with E-state index in [1.54, 1.807) is 12.3 Å². The minimum Gasteiger partial charge on any atom is -0.491 e. The molecule has 0 fully saturated rings. The molecule has 0 atom stereocenters. The largest absolute Gasteiger partial charge is 0.491 e. The molecular formula is C14H15BrN2O2. The van der Waals surface area contributed by atoms with E-state index in [0.717, 1.165) is 22.1 Å². The van der Waals surface area contributed by atoms with Gasteiger partial charge in [0.1, 0.15) is 18.2 Å². The zero-order valence-electron chi connectivity index (χ0n) is 10.9. The fourth-order valence-corrected chi connectivity index (χ4v) is 2.52. The predicted molar refractivity (Wildman–Crippen MR) is 76.7 cm³/mol. The number of aldehydes is 1. The Morgan fingerprint density at radius 1 is 1.42 bits per heavy atom. The Morgan fingerprint density at radius 2 is 2.21 bits per heavy atom. The van der Waals surface area contributed by atoms with E-state index in [-0.39, 0.29) is 0 Å². The van der Waals surface area contributed by atoms with Crippen molar-refractivity contribution in [3.05, 3.63) is 46.0 Å². The first-order valence-corrected chi connectivity index (χ1v) is 6.77. The molecule has 0 aliphatic heterocycles. The number of hydrogen-bond acceptors (Lipinski definition) is 3. The smallest absolute Gasteiger partial charge is 0.153 e. The van der Waals surface area contributed by atoms with Gasteiger partial charge in [-0.05, 0) is 31.5 Å². The molecule has 5 heteroatoms. The van der Waals surface area contributed by atoms with Gasteiger partial charge >= 0.3 is 0 Å². The SMILES string of the molecule is Cc1cc(Br)cc(C=O)c1OCCn1ccnc1C. The van der Waals surface area contributed by atoms with Crippen molar-refractivity contribution in [2.24, 2.45) is 0 Å². The van der Waals surface area contributed by atoms with E-state index in [9.17, 15) is 4.79 Å². The standard InChI is InChI=1S/C14H15BrN2O2/c1-10-7-13(15)8-12(9-18)14(10)19-6-5-17-4-3-16-11(17)2/h3-4,7-9H,5-6H2,1-2H3. The van der Waals surface area contributed by atoms with Gasteiger partial charge in [0.25, 0.3) is 0 Å². The Balaban J connectivity index is 2.07. The van der Waals surface area contributed by atoms with Crippen molar-refractivity contribution in [3.8, 4) is 5.75 Å². The second-order valence-electron chi connectivity index (χ2n) is 4.28. The summed E-state index contributed by atoms with van der Waals surface area (Å²) in [5, 5.41) is 0. The van der Waals surface area contributed by atoms with E-state index in [4.69, 9.17) is 4.74 Å². The van der Waals surface area contributed by atoms with Crippen molar-refractivity contribution in [3.63, 3.8) is 0 Å². The number of hydrogen-bond donors (Lipinski definition) is 0. The van der Waals surface area contributed by atoms with Crippen LogP contribution in [0.2, 0.25) is 0 Å². The van der Waals surface area contributed by atoms with Gasteiger partial charge in [-0.15, -0.1) is 0 Å². The highest BCUT2D eigenvalue weighted by atomic mass is 79.9. The number of aromatic nitrogens is 2. The third-order valence-electron chi connectivity index (χ3n) is 2.90. The minimum atomic E-state index is 0.501. The van der Waals surface area contributed by atoms with Crippen molar-refractivity contribution in [2.75, 3.05) is 6.61 Å². The number of nitrogens with zero attached hydrogens (tertiary/aromatic N) is 2. The van der Waals surface area contributed by atoms with Crippen molar-refractivity contribution < 1.29 is 9.53 Å². The van der Waals surface area contributed by atoms with E-state index in [0.29, 0.717) is 24.5 Å². The summed E-state index contributed by atoms with van der Waals surface area (Å²) in [5.74, 6) is 1.60. The molecule has 0 N–H and O–H groups in total. The summed E-state index contributed by atoms with van der Waals surface area (Å²) in [7, 11) is 0. The van der Waals surface area contributed by atoms with Gasteiger partial charge < -0.3 is 9.30 Å². The summed E-state index contributed by atoms with van der Waals surface area (Å²) >= 11 is 3.37. The van der Waals surface area contributed by atoms with Gasteiger partial charge in [-0.25, -0.2) is 4.98 Å². The van der Waals surface area contributed by atoms with E-state index in [1.807, 2.05) is 30.7 Å². The molecule has 100 valence electrons. The van der Waals surface area contributed by atoms with Crippen molar-refractivity contribution in [1.29, 1.82) is 0 Å². The van der Waals surface area contributed by atoms with Crippen LogP contribution in [0, 0.1) is 13.8 Å². The molecule has 0 aliphatic carbocycles. The Bertz CT molecular complexity index is 593. The van der Waals surface area contributed by atoms with Gasteiger partial charge in [-0.3, -0.25) is 4.79 Å². The molecule has 0 unspecified atom stereocenters. The molecule has 0 saturated carbocycles. The van der Waals surface area contributed by atoms with Crippen molar-refractivity contribution in [1.82, 2.24) is 9.55 Å². The van der Waals surface area contributed by atoms with Crippen LogP contribution in [0.3, 0.4) is 0 Å². The topological polar surface area (TPSA) is 44.1 Å². The lowest BCUT2D eigenvalue weighted by atomic mass is 10.1. The summed E-state index contributed by atoms with van der Waals surface area (Å²) in [6.07, 6.45) is 4.49. The number of aryl methyl sites for hydroxylation is 2. The lowest BCUT2D eigenvalue weighted by Gasteiger charge is -2.12. The lowest BCUT2D eigenvalue weighted by Crippen LogP contribution is -2.10. The number of benzene rings is 1. The van der Waals surface area contributed by atoms with Crippen LogP contribution in [0.25, 0.3) is 0 Å². The van der Waals surface area contributed by atoms with Crippen LogP contribution in [0.1, 0.15) is 21.7 Å². The number of carbonyl (C=O) groups is 1. The predicted octanol–water partition coefficient (Wildman–Crippen LogP) is 3.15. The van der Waals surface area contributed by atoms with Gasteiger partial charge in [-0.1, -0.05) is 15.9 Å². The van der Waals surface area contributed by atoms with Crippen LogP contribution in [0.15, 0.2) is 29.0 Å². The summed E-state index contributed by atoms with van der Waals surface area (Å²) < 4.78 is 8.63. The van der Waals surface area contributed by atoms with E-state index in [1.165, 1.54) is 0 Å². The highest BCUT2D eigenvalue weighted by Crippen LogP contribution is 2.26. The maximum Gasteiger partial charge on any atom is 0.153 e. The monoisotopic (exact) mass is 322 g/mol. The summed E-state index contributed by atoms with van der Waals surface area (Å²) in [6, 6.07) is 3.70. The van der Waals surface area contributed by atoms with Crippen molar-refractivity contribution >= 4 is 22.2 Å². The maximum absolute atomic E-state index is 11.1. The zero-order chi connectivity index (χ0) is 13.8. The summed E-state index contributed by atoms with van der Waals surface area (Å²) in [6.45, 7) is 5.08. The van der Waals surface area contributed by atoms with Crippen LogP contribution in [0.4, 0.5) is 0 Å². The second kappa shape index (κ2) is 6.02. The quantitative estimate of drug-likeness (QED) is 0.794. The molecule has 0 amide bonds. The molecule has 1 aromatic heterocycles. The summed E-state index contributed by atoms with van der Waals surface area (Å²) in [4.78, 5) is 15.2. The average Bonchev–Trinajstić information content (AvgIpc) is 2.77. The van der Waals surface area contributed by atoms with E-state index >= 15 is 0 Å². The molecule has 19 heavy (non-hydrogen) atoms. The fourth-order valence-electron chi connectivity index (χ4n) is 1.93. The van der Waals surface area contributed by atoms with Gasteiger partial charge in [0.05, 0.1) is 12.1 Å². The van der Waals surface area contributed by atoms with Gasteiger partial charge in [-0.2, -0.15) is 0 Å². The third kappa shape index (κ3) is 3.23. The minimum absolute atomic E-state index is 0.501. The Kier molecular flexibility index (Phi) is 4.37. The molecule has 1 aromatic carbocycles. The van der Waals surface area contributed by atoms with Crippen molar-refractivity contribution in [2.45, 2.75) is 20.4 Å². The van der Waals surface area contributed by atoms with Gasteiger partial charge in [0, 0.05) is 16.9 Å². The lowest BCUT2D eigenvalue weighted by molar-refractivity contribution is 0.111. The molecule has 0 aliphatic rings. The molecular weight excluding hydrogens is 308 g/mol. The first kappa shape index (κ1) is 13.8. The zero-order valence-corrected chi connectivity index (χ0v) is 12.5. The molecule has 4 nitrogen and oxygen atoms in total. The van der Waals surface area contributed by atoms with Crippen LogP contribution in [-0.2, 0) is 6.54 Å². The van der Waals surface area contributed by atoms with E-state index < -0.39 is 0 Å². The maximum atomic E-state index is 11.1. The van der Waals surface area contributed by atoms with Gasteiger partial charge in [0.15, 0.2) is 6.29 Å². The third-order valence-corrected chi connectivity index (χ3v) is 3.36. The van der Waals surface area contributed by atoms with Crippen LogP contribution < -0.4 is 4.74 Å². The first-order valence-electron chi connectivity index (χ1n) is 5.97. The molecule has 0 radical (unpaired) electrons. The van der Waals surface area contributed by atoms with Crippen LogP contribution in [-0.4, -0.2) is 22.4 Å².